The second-order valence-electron chi connectivity index (χ2n) is 6.83. The van der Waals surface area contributed by atoms with Gasteiger partial charge in [0.15, 0.2) is 0 Å². The van der Waals surface area contributed by atoms with Gasteiger partial charge in [0.2, 0.25) is 10.0 Å². The Hall–Kier alpha value is -2.59. The number of hydrogen-bond acceptors (Lipinski definition) is 4. The molecule has 1 fully saturated rings. The third kappa shape index (κ3) is 4.59. The van der Waals surface area contributed by atoms with Crippen molar-refractivity contribution in [2.24, 2.45) is 0 Å². The molecule has 10 heteroatoms. The zero-order chi connectivity index (χ0) is 21.9. The Morgan fingerprint density at radius 3 is 2.37 bits per heavy atom. The number of amides is 1. The van der Waals surface area contributed by atoms with Gasteiger partial charge in [0, 0.05) is 18.8 Å². The van der Waals surface area contributed by atoms with Crippen molar-refractivity contribution in [3.8, 4) is 5.75 Å². The van der Waals surface area contributed by atoms with E-state index < -0.39 is 33.2 Å². The highest BCUT2D eigenvalue weighted by Crippen LogP contribution is 2.34. The molecule has 2 aromatic carbocycles. The van der Waals surface area contributed by atoms with E-state index in [-0.39, 0.29) is 16.3 Å². The van der Waals surface area contributed by atoms with Crippen molar-refractivity contribution >= 4 is 21.6 Å². The standard InChI is InChI=1S/C20H21F3N2O4S/c1-29-17-10-9-14(13-18(17)30(27,28)25-11-5-2-6-12-25)24-19(26)15-7-3-4-8-16(15)20(21,22)23/h3-4,7-10,13H,2,5-6,11-12H2,1H3,(H,24,26). The summed E-state index contributed by atoms with van der Waals surface area (Å²) in [7, 11) is -2.56. The van der Waals surface area contributed by atoms with Crippen LogP contribution in [-0.4, -0.2) is 38.8 Å². The molecule has 1 aliphatic rings. The fourth-order valence-electron chi connectivity index (χ4n) is 3.33. The SMILES string of the molecule is COc1ccc(NC(=O)c2ccccc2C(F)(F)F)cc1S(=O)(=O)N1CCCCC1. The van der Waals surface area contributed by atoms with Gasteiger partial charge >= 0.3 is 6.18 Å². The van der Waals surface area contributed by atoms with Crippen molar-refractivity contribution in [1.82, 2.24) is 4.31 Å². The summed E-state index contributed by atoms with van der Waals surface area (Å²) in [6.45, 7) is 0.752. The van der Waals surface area contributed by atoms with E-state index in [0.29, 0.717) is 13.1 Å². The first-order valence-electron chi connectivity index (χ1n) is 9.30. The van der Waals surface area contributed by atoms with Gasteiger partial charge in [0.1, 0.15) is 10.6 Å². The minimum Gasteiger partial charge on any atom is -0.495 e. The van der Waals surface area contributed by atoms with Crippen molar-refractivity contribution < 1.29 is 31.1 Å². The van der Waals surface area contributed by atoms with Crippen LogP contribution in [0.1, 0.15) is 35.2 Å². The summed E-state index contributed by atoms with van der Waals surface area (Å²) in [5.41, 5.74) is -1.58. The molecule has 162 valence electrons. The molecule has 0 radical (unpaired) electrons. The van der Waals surface area contributed by atoms with Gasteiger partial charge in [-0.25, -0.2) is 8.42 Å². The summed E-state index contributed by atoms with van der Waals surface area (Å²) in [6.07, 6.45) is -2.27. The third-order valence-electron chi connectivity index (χ3n) is 4.83. The van der Waals surface area contributed by atoms with Crippen LogP contribution in [0.2, 0.25) is 0 Å². The number of carbonyl (C=O) groups excluding carboxylic acids is 1. The van der Waals surface area contributed by atoms with Crippen molar-refractivity contribution in [2.45, 2.75) is 30.3 Å². The van der Waals surface area contributed by atoms with Crippen molar-refractivity contribution in [3.05, 3.63) is 53.6 Å². The highest BCUT2D eigenvalue weighted by molar-refractivity contribution is 7.89. The molecule has 0 bridgehead atoms. The van der Waals surface area contributed by atoms with Crippen LogP contribution in [-0.2, 0) is 16.2 Å². The number of nitrogens with one attached hydrogen (secondary N) is 1. The van der Waals surface area contributed by atoms with Crippen LogP contribution >= 0.6 is 0 Å². The van der Waals surface area contributed by atoms with Crippen LogP contribution in [0.15, 0.2) is 47.4 Å². The summed E-state index contributed by atoms with van der Waals surface area (Å²) in [4.78, 5) is 12.4. The average Bonchev–Trinajstić information content (AvgIpc) is 2.73. The molecule has 0 saturated carbocycles. The number of sulfonamides is 1. The monoisotopic (exact) mass is 442 g/mol. The Kier molecular flexibility index (Phi) is 6.37. The van der Waals surface area contributed by atoms with E-state index in [4.69, 9.17) is 4.74 Å². The Balaban J connectivity index is 1.94. The van der Waals surface area contributed by atoms with Crippen molar-refractivity contribution in [2.75, 3.05) is 25.5 Å². The fourth-order valence-corrected chi connectivity index (χ4v) is 5.03. The van der Waals surface area contributed by atoms with Gasteiger partial charge in [-0.15, -0.1) is 0 Å². The maximum Gasteiger partial charge on any atom is 0.417 e. The van der Waals surface area contributed by atoms with Gasteiger partial charge in [-0.1, -0.05) is 18.6 Å². The van der Waals surface area contributed by atoms with E-state index in [0.717, 1.165) is 31.4 Å². The fraction of sp³-hybridized carbons (Fsp3) is 0.350. The third-order valence-corrected chi connectivity index (χ3v) is 6.75. The quantitative estimate of drug-likeness (QED) is 0.755. The summed E-state index contributed by atoms with van der Waals surface area (Å²) < 4.78 is 72.2. The summed E-state index contributed by atoms with van der Waals surface area (Å²) in [5.74, 6) is -0.899. The Bertz CT molecular complexity index is 1030. The van der Waals surface area contributed by atoms with Gasteiger partial charge in [-0.2, -0.15) is 17.5 Å². The van der Waals surface area contributed by atoms with Gasteiger partial charge in [0.25, 0.3) is 5.91 Å². The molecule has 0 spiro atoms. The molecule has 1 N–H and O–H groups in total. The summed E-state index contributed by atoms with van der Waals surface area (Å²) >= 11 is 0. The molecule has 1 heterocycles. The van der Waals surface area contributed by atoms with E-state index in [2.05, 4.69) is 5.32 Å². The first-order chi connectivity index (χ1) is 14.1. The number of hydrogen-bond donors (Lipinski definition) is 1. The molecule has 2 aromatic rings. The number of ether oxygens (including phenoxy) is 1. The molecule has 0 aromatic heterocycles. The van der Waals surface area contributed by atoms with Crippen LogP contribution < -0.4 is 10.1 Å². The van der Waals surface area contributed by atoms with E-state index in [1.165, 1.54) is 41.7 Å². The lowest BCUT2D eigenvalue weighted by molar-refractivity contribution is -0.137. The smallest absolute Gasteiger partial charge is 0.417 e. The zero-order valence-corrected chi connectivity index (χ0v) is 17.0. The molecule has 1 amide bonds. The topological polar surface area (TPSA) is 75.7 Å². The lowest BCUT2D eigenvalue weighted by Crippen LogP contribution is -2.35. The van der Waals surface area contributed by atoms with Crippen LogP contribution in [0.25, 0.3) is 0 Å². The first-order valence-corrected chi connectivity index (χ1v) is 10.7. The van der Waals surface area contributed by atoms with E-state index >= 15 is 0 Å². The van der Waals surface area contributed by atoms with Crippen LogP contribution in [0.5, 0.6) is 5.75 Å². The number of piperidine rings is 1. The maximum absolute atomic E-state index is 13.2. The van der Waals surface area contributed by atoms with Crippen LogP contribution in [0, 0.1) is 0 Å². The van der Waals surface area contributed by atoms with E-state index in [9.17, 15) is 26.4 Å². The molecule has 1 saturated heterocycles. The lowest BCUT2D eigenvalue weighted by Gasteiger charge is -2.26. The number of anilines is 1. The molecule has 0 aliphatic carbocycles. The number of rotatable bonds is 5. The highest BCUT2D eigenvalue weighted by Gasteiger charge is 2.35. The number of carbonyl (C=O) groups is 1. The normalized spacial score (nSPS) is 15.6. The largest absolute Gasteiger partial charge is 0.495 e. The van der Waals surface area contributed by atoms with Crippen molar-refractivity contribution in [1.29, 1.82) is 0 Å². The number of nitrogens with zero attached hydrogens (tertiary/aromatic N) is 1. The molecule has 0 atom stereocenters. The molecule has 30 heavy (non-hydrogen) atoms. The minimum absolute atomic E-state index is 0.0494. The number of methoxy groups -OCH3 is 1. The van der Waals surface area contributed by atoms with Crippen LogP contribution in [0.4, 0.5) is 18.9 Å². The lowest BCUT2D eigenvalue weighted by atomic mass is 10.1. The summed E-state index contributed by atoms with van der Waals surface area (Å²) in [6, 6.07) is 8.34. The zero-order valence-electron chi connectivity index (χ0n) is 16.2. The van der Waals surface area contributed by atoms with E-state index in [1.807, 2.05) is 0 Å². The second-order valence-corrected chi connectivity index (χ2v) is 8.73. The number of alkyl halides is 3. The van der Waals surface area contributed by atoms with Gasteiger partial charge < -0.3 is 10.1 Å². The molecular weight excluding hydrogens is 421 g/mol. The molecule has 6 nitrogen and oxygen atoms in total. The Morgan fingerprint density at radius 1 is 1.07 bits per heavy atom. The van der Waals surface area contributed by atoms with E-state index in [1.54, 1.807) is 0 Å². The first kappa shape index (κ1) is 22.1. The number of halogens is 3. The summed E-state index contributed by atoms with van der Waals surface area (Å²) in [5, 5.41) is 2.36. The molecular formula is C20H21F3N2O4S. The average molecular weight is 442 g/mol. The minimum atomic E-state index is -4.70. The molecule has 0 unspecified atom stereocenters. The van der Waals surface area contributed by atoms with Gasteiger partial charge in [-0.3, -0.25) is 4.79 Å². The molecule has 3 rings (SSSR count). The van der Waals surface area contributed by atoms with Crippen LogP contribution in [0.3, 0.4) is 0 Å². The Labute approximate surface area is 172 Å². The maximum atomic E-state index is 13.2. The van der Waals surface area contributed by atoms with Gasteiger partial charge in [-0.05, 0) is 43.2 Å². The Morgan fingerprint density at radius 2 is 1.73 bits per heavy atom. The predicted molar refractivity (Wildman–Crippen MR) is 105 cm³/mol. The predicted octanol–water partition coefficient (Wildman–Crippen LogP) is 4.14. The molecule has 1 aliphatic heterocycles. The van der Waals surface area contributed by atoms with Gasteiger partial charge in [0.05, 0.1) is 18.2 Å². The highest BCUT2D eigenvalue weighted by atomic mass is 32.2. The van der Waals surface area contributed by atoms with Crippen molar-refractivity contribution in [3.63, 3.8) is 0 Å². The number of benzene rings is 2. The second kappa shape index (κ2) is 8.65.